The number of rotatable bonds is 8. The van der Waals surface area contributed by atoms with E-state index in [1.807, 2.05) is 21.7 Å². The number of hydrogen-bond acceptors (Lipinski definition) is 7. The quantitative estimate of drug-likeness (QED) is 0.375. The molecule has 28 heavy (non-hydrogen) atoms. The van der Waals surface area contributed by atoms with Crippen molar-refractivity contribution in [2.75, 3.05) is 0 Å². The molecule has 1 aromatic carbocycles. The van der Waals surface area contributed by atoms with E-state index in [9.17, 15) is 21.6 Å². The van der Waals surface area contributed by atoms with Gasteiger partial charge >= 0.3 is 0 Å². The zero-order valence-corrected chi connectivity index (χ0v) is 16.6. The van der Waals surface area contributed by atoms with E-state index in [2.05, 4.69) is 14.9 Å². The SMILES string of the molecule is O=C(NNS(=O)(=O)c1cn[nH]c1)c1cccc(S(=O)(=O)NCc2cccs2)c1. The van der Waals surface area contributed by atoms with Crippen molar-refractivity contribution in [1.82, 2.24) is 25.2 Å². The van der Waals surface area contributed by atoms with Crippen molar-refractivity contribution in [3.63, 3.8) is 0 Å². The van der Waals surface area contributed by atoms with Crippen LogP contribution in [0.3, 0.4) is 0 Å². The predicted molar refractivity (Wildman–Crippen MR) is 101 cm³/mol. The summed E-state index contributed by atoms with van der Waals surface area (Å²) in [5.74, 6) is -0.817. The molecule has 0 aliphatic rings. The highest BCUT2D eigenvalue weighted by molar-refractivity contribution is 7.89. The number of hydrazine groups is 1. The van der Waals surface area contributed by atoms with Gasteiger partial charge in [0.15, 0.2) is 0 Å². The second-order valence-corrected chi connectivity index (χ2v) is 9.91. The lowest BCUT2D eigenvalue weighted by atomic mass is 10.2. The Labute approximate surface area is 165 Å². The first-order valence-corrected chi connectivity index (χ1v) is 11.6. The summed E-state index contributed by atoms with van der Waals surface area (Å²) in [6.07, 6.45) is 2.21. The molecule has 3 aromatic rings. The standard InChI is InChI=1S/C15H15N5O5S3/c21-15(19-20-28(24,25)14-9-16-17-10-14)11-3-1-5-13(7-11)27(22,23)18-8-12-4-2-6-26-12/h1-7,9-10,18,20H,8H2,(H,16,17)(H,19,21). The number of nitrogens with zero attached hydrogens (tertiary/aromatic N) is 1. The molecule has 0 atom stereocenters. The van der Waals surface area contributed by atoms with Gasteiger partial charge in [0.25, 0.3) is 15.9 Å². The lowest BCUT2D eigenvalue weighted by Crippen LogP contribution is -2.41. The molecule has 13 heteroatoms. The Morgan fingerprint density at radius 2 is 1.89 bits per heavy atom. The summed E-state index contributed by atoms with van der Waals surface area (Å²) in [6, 6.07) is 8.84. The monoisotopic (exact) mass is 441 g/mol. The number of benzene rings is 1. The van der Waals surface area contributed by atoms with Gasteiger partial charge < -0.3 is 0 Å². The Morgan fingerprint density at radius 3 is 2.57 bits per heavy atom. The molecule has 10 nitrogen and oxygen atoms in total. The number of nitrogens with one attached hydrogen (secondary N) is 4. The molecule has 1 amide bonds. The fourth-order valence-corrected chi connectivity index (χ4v) is 4.63. The first-order chi connectivity index (χ1) is 13.3. The molecule has 3 rings (SSSR count). The van der Waals surface area contributed by atoms with Crippen LogP contribution in [0.15, 0.2) is 64.0 Å². The lowest BCUT2D eigenvalue weighted by Gasteiger charge is -2.09. The minimum Gasteiger partial charge on any atom is -0.284 e. The van der Waals surface area contributed by atoms with Gasteiger partial charge in [-0.2, -0.15) is 5.10 Å². The van der Waals surface area contributed by atoms with Crippen LogP contribution in [0.1, 0.15) is 15.2 Å². The van der Waals surface area contributed by atoms with Crippen molar-refractivity contribution in [3.05, 3.63) is 64.6 Å². The van der Waals surface area contributed by atoms with E-state index in [0.29, 0.717) is 0 Å². The molecule has 0 fully saturated rings. The summed E-state index contributed by atoms with van der Waals surface area (Å²) >= 11 is 1.41. The highest BCUT2D eigenvalue weighted by atomic mass is 32.2. The molecule has 0 spiro atoms. The van der Waals surface area contributed by atoms with Gasteiger partial charge in [0.2, 0.25) is 10.0 Å². The van der Waals surface area contributed by atoms with Crippen molar-refractivity contribution in [1.29, 1.82) is 0 Å². The minimum atomic E-state index is -4.00. The van der Waals surface area contributed by atoms with Crippen molar-refractivity contribution >= 4 is 37.3 Å². The van der Waals surface area contributed by atoms with E-state index >= 15 is 0 Å². The smallest absolute Gasteiger partial charge is 0.266 e. The highest BCUT2D eigenvalue weighted by Crippen LogP contribution is 2.14. The van der Waals surface area contributed by atoms with Crippen LogP contribution in [-0.2, 0) is 26.6 Å². The van der Waals surface area contributed by atoms with Gasteiger partial charge in [-0.3, -0.25) is 15.3 Å². The molecule has 4 N–H and O–H groups in total. The molecule has 0 aliphatic heterocycles. The average molecular weight is 442 g/mol. The molecule has 0 saturated heterocycles. The number of carbonyl (C=O) groups excluding carboxylic acids is 1. The molecule has 0 radical (unpaired) electrons. The fourth-order valence-electron chi connectivity index (χ4n) is 2.10. The first-order valence-electron chi connectivity index (χ1n) is 7.71. The lowest BCUT2D eigenvalue weighted by molar-refractivity contribution is 0.0945. The molecule has 148 valence electrons. The second-order valence-electron chi connectivity index (χ2n) is 5.43. The van der Waals surface area contributed by atoms with Crippen LogP contribution in [0.25, 0.3) is 0 Å². The van der Waals surface area contributed by atoms with Crippen LogP contribution >= 0.6 is 11.3 Å². The Morgan fingerprint density at radius 1 is 1.07 bits per heavy atom. The third kappa shape index (κ3) is 4.82. The van der Waals surface area contributed by atoms with Crippen molar-refractivity contribution in [3.8, 4) is 0 Å². The van der Waals surface area contributed by atoms with E-state index in [0.717, 1.165) is 23.3 Å². The number of aromatic nitrogens is 2. The topological polar surface area (TPSA) is 150 Å². The maximum atomic E-state index is 12.4. The molecule has 0 saturated carbocycles. The normalized spacial score (nSPS) is 12.0. The number of hydrogen-bond donors (Lipinski definition) is 4. The maximum Gasteiger partial charge on any atom is 0.266 e. The predicted octanol–water partition coefficient (Wildman–Crippen LogP) is 0.573. The third-order valence-corrected chi connectivity index (χ3v) is 7.00. The summed E-state index contributed by atoms with van der Waals surface area (Å²) < 4.78 is 51.2. The fraction of sp³-hybridized carbons (Fsp3) is 0.0667. The van der Waals surface area contributed by atoms with Crippen LogP contribution in [0.5, 0.6) is 0 Å². The number of carbonyl (C=O) groups is 1. The second kappa shape index (κ2) is 8.20. The number of H-pyrrole nitrogens is 1. The Bertz CT molecular complexity index is 1160. The molecule has 2 aromatic heterocycles. The van der Waals surface area contributed by atoms with E-state index < -0.39 is 26.0 Å². The van der Waals surface area contributed by atoms with E-state index in [1.165, 1.54) is 29.5 Å². The van der Waals surface area contributed by atoms with Gasteiger partial charge in [-0.1, -0.05) is 12.1 Å². The summed E-state index contributed by atoms with van der Waals surface area (Å²) in [7, 11) is -7.84. The van der Waals surface area contributed by atoms with Gasteiger partial charge in [-0.25, -0.2) is 21.6 Å². The van der Waals surface area contributed by atoms with E-state index in [-0.39, 0.29) is 21.9 Å². The molecular formula is C15H15N5O5S3. The van der Waals surface area contributed by atoms with Gasteiger partial charge in [-0.05, 0) is 29.6 Å². The molecule has 2 heterocycles. The zero-order chi connectivity index (χ0) is 20.2. The molecule has 0 aliphatic carbocycles. The van der Waals surface area contributed by atoms with Crippen molar-refractivity contribution in [2.24, 2.45) is 0 Å². The largest absolute Gasteiger partial charge is 0.284 e. The molecule has 0 unspecified atom stereocenters. The zero-order valence-electron chi connectivity index (χ0n) is 14.1. The number of sulfonamides is 2. The first kappa shape index (κ1) is 20.2. The summed E-state index contributed by atoms with van der Waals surface area (Å²) in [6.45, 7) is 0.126. The van der Waals surface area contributed by atoms with Crippen LogP contribution < -0.4 is 15.0 Å². The highest BCUT2D eigenvalue weighted by Gasteiger charge is 2.19. The summed E-state index contributed by atoms with van der Waals surface area (Å²) in [5.41, 5.74) is 1.99. The number of thiophene rings is 1. The number of amides is 1. The van der Waals surface area contributed by atoms with E-state index in [1.54, 1.807) is 6.07 Å². The van der Waals surface area contributed by atoms with Gasteiger partial charge in [-0.15, -0.1) is 16.2 Å². The minimum absolute atomic E-state index is 0.0334. The van der Waals surface area contributed by atoms with Gasteiger partial charge in [0, 0.05) is 23.2 Å². The van der Waals surface area contributed by atoms with Crippen LogP contribution in [-0.4, -0.2) is 32.9 Å². The van der Waals surface area contributed by atoms with Crippen LogP contribution in [0.2, 0.25) is 0 Å². The maximum absolute atomic E-state index is 12.4. The number of aromatic amines is 1. The van der Waals surface area contributed by atoms with Crippen LogP contribution in [0, 0.1) is 0 Å². The molecule has 0 bridgehead atoms. The van der Waals surface area contributed by atoms with Crippen molar-refractivity contribution < 1.29 is 21.6 Å². The third-order valence-electron chi connectivity index (χ3n) is 3.51. The Hall–Kier alpha value is -2.58. The molecular weight excluding hydrogens is 426 g/mol. The summed E-state index contributed by atoms with van der Waals surface area (Å²) in [5, 5.41) is 7.70. The Kier molecular flexibility index (Phi) is 5.90. The van der Waals surface area contributed by atoms with Gasteiger partial charge in [0.05, 0.1) is 11.1 Å². The Balaban J connectivity index is 1.69. The average Bonchev–Trinajstić information content (AvgIpc) is 3.39. The van der Waals surface area contributed by atoms with Gasteiger partial charge in [0.1, 0.15) is 4.90 Å². The summed E-state index contributed by atoms with van der Waals surface area (Å²) in [4.78, 5) is 14.7. The van der Waals surface area contributed by atoms with Crippen LogP contribution in [0.4, 0.5) is 0 Å². The van der Waals surface area contributed by atoms with E-state index in [4.69, 9.17) is 0 Å². The van der Waals surface area contributed by atoms with Crippen molar-refractivity contribution in [2.45, 2.75) is 16.3 Å².